The van der Waals surface area contributed by atoms with Gasteiger partial charge in [-0.1, -0.05) is 48.5 Å². The highest BCUT2D eigenvalue weighted by Crippen LogP contribution is 2.20. The molecule has 0 saturated heterocycles. The zero-order valence-electron chi connectivity index (χ0n) is 13.0. The largest absolute Gasteiger partial charge is 0.417 e. The molecule has 0 aliphatic rings. The van der Waals surface area contributed by atoms with Gasteiger partial charge >= 0.3 is 11.8 Å². The monoisotopic (exact) mass is 307 g/mol. The zero-order chi connectivity index (χ0) is 16.2. The average Bonchev–Trinajstić information content (AvgIpc) is 3.00. The standard InChI is InChI=1S/C18H17N3O2/c1-12-7-6-8-13(2)16(12)19-17(22)18-21-20-15(23-18)11-14-9-4-3-5-10-14/h3-10H,11H2,1-2H3,(H,19,22). The topological polar surface area (TPSA) is 68.0 Å². The molecule has 0 fully saturated rings. The number of nitrogens with zero attached hydrogens (tertiary/aromatic N) is 2. The van der Waals surface area contributed by atoms with Gasteiger partial charge in [-0.15, -0.1) is 10.2 Å². The Morgan fingerprint density at radius 3 is 2.39 bits per heavy atom. The number of hydrogen-bond donors (Lipinski definition) is 1. The first-order valence-corrected chi connectivity index (χ1v) is 7.37. The Bertz CT molecular complexity index is 805. The number of aromatic nitrogens is 2. The Balaban J connectivity index is 1.74. The Morgan fingerprint density at radius 2 is 1.70 bits per heavy atom. The molecule has 116 valence electrons. The third kappa shape index (κ3) is 3.45. The number of hydrogen-bond acceptors (Lipinski definition) is 4. The van der Waals surface area contributed by atoms with Crippen molar-refractivity contribution in [2.45, 2.75) is 20.3 Å². The minimum atomic E-state index is -0.394. The van der Waals surface area contributed by atoms with Gasteiger partial charge in [0.2, 0.25) is 5.89 Å². The number of carbonyl (C=O) groups is 1. The summed E-state index contributed by atoms with van der Waals surface area (Å²) in [6, 6.07) is 15.6. The second kappa shape index (κ2) is 6.44. The van der Waals surface area contributed by atoms with E-state index in [4.69, 9.17) is 4.42 Å². The van der Waals surface area contributed by atoms with Crippen molar-refractivity contribution in [3.05, 3.63) is 77.0 Å². The number of anilines is 1. The molecule has 0 aliphatic carbocycles. The van der Waals surface area contributed by atoms with E-state index in [1.54, 1.807) is 0 Å². The van der Waals surface area contributed by atoms with Crippen LogP contribution in [0.3, 0.4) is 0 Å². The van der Waals surface area contributed by atoms with E-state index in [0.717, 1.165) is 22.4 Å². The Kier molecular flexibility index (Phi) is 4.19. The van der Waals surface area contributed by atoms with Gasteiger partial charge in [-0.25, -0.2) is 0 Å². The van der Waals surface area contributed by atoms with E-state index >= 15 is 0 Å². The highest BCUT2D eigenvalue weighted by molar-refractivity contribution is 6.01. The highest BCUT2D eigenvalue weighted by atomic mass is 16.4. The maximum atomic E-state index is 12.3. The summed E-state index contributed by atoms with van der Waals surface area (Å²) in [6.45, 7) is 3.88. The van der Waals surface area contributed by atoms with Crippen molar-refractivity contribution < 1.29 is 9.21 Å². The van der Waals surface area contributed by atoms with Crippen LogP contribution in [0.4, 0.5) is 5.69 Å². The van der Waals surface area contributed by atoms with Crippen molar-refractivity contribution in [2.24, 2.45) is 0 Å². The summed E-state index contributed by atoms with van der Waals surface area (Å²) in [4.78, 5) is 12.3. The number of carbonyl (C=O) groups excluding carboxylic acids is 1. The third-order valence-electron chi connectivity index (χ3n) is 3.58. The zero-order valence-corrected chi connectivity index (χ0v) is 13.0. The Hall–Kier alpha value is -2.95. The molecule has 1 amide bonds. The summed E-state index contributed by atoms with van der Waals surface area (Å²) < 4.78 is 5.47. The van der Waals surface area contributed by atoms with Crippen molar-refractivity contribution >= 4 is 11.6 Å². The number of benzene rings is 2. The van der Waals surface area contributed by atoms with E-state index in [0.29, 0.717) is 12.3 Å². The quantitative estimate of drug-likeness (QED) is 0.800. The van der Waals surface area contributed by atoms with Gasteiger partial charge in [-0.3, -0.25) is 4.79 Å². The average molecular weight is 307 g/mol. The Labute approximate surface area is 134 Å². The van der Waals surface area contributed by atoms with E-state index < -0.39 is 5.91 Å². The van der Waals surface area contributed by atoms with Crippen LogP contribution in [-0.4, -0.2) is 16.1 Å². The summed E-state index contributed by atoms with van der Waals surface area (Å²) in [5, 5.41) is 10.6. The van der Waals surface area contributed by atoms with E-state index in [1.165, 1.54) is 0 Å². The molecule has 0 spiro atoms. The van der Waals surface area contributed by atoms with Gasteiger partial charge in [0.05, 0.1) is 6.42 Å². The first-order valence-electron chi connectivity index (χ1n) is 7.37. The molecular formula is C18H17N3O2. The summed E-state index contributed by atoms with van der Waals surface area (Å²) in [6.07, 6.45) is 0.504. The van der Waals surface area contributed by atoms with Gasteiger partial charge in [-0.2, -0.15) is 0 Å². The van der Waals surface area contributed by atoms with Gasteiger partial charge in [-0.05, 0) is 30.5 Å². The summed E-state index contributed by atoms with van der Waals surface area (Å²) in [5.41, 5.74) is 3.81. The normalized spacial score (nSPS) is 10.5. The lowest BCUT2D eigenvalue weighted by Crippen LogP contribution is -2.14. The van der Waals surface area contributed by atoms with Crippen LogP contribution >= 0.6 is 0 Å². The minimum absolute atomic E-state index is 0.0291. The van der Waals surface area contributed by atoms with Crippen molar-refractivity contribution in [3.8, 4) is 0 Å². The van der Waals surface area contributed by atoms with Crippen molar-refractivity contribution in [1.82, 2.24) is 10.2 Å². The van der Waals surface area contributed by atoms with Gasteiger partial charge in [0.1, 0.15) is 0 Å². The second-order valence-corrected chi connectivity index (χ2v) is 5.38. The predicted molar refractivity (Wildman–Crippen MR) is 87.4 cm³/mol. The maximum Gasteiger partial charge on any atom is 0.313 e. The molecule has 5 nitrogen and oxygen atoms in total. The first kappa shape index (κ1) is 15.0. The number of aryl methyl sites for hydroxylation is 2. The molecule has 0 atom stereocenters. The van der Waals surface area contributed by atoms with Crippen molar-refractivity contribution in [1.29, 1.82) is 0 Å². The molecule has 23 heavy (non-hydrogen) atoms. The van der Waals surface area contributed by atoms with Gasteiger partial charge < -0.3 is 9.73 Å². The molecule has 2 aromatic carbocycles. The minimum Gasteiger partial charge on any atom is -0.417 e. The van der Waals surface area contributed by atoms with Crippen LogP contribution < -0.4 is 5.32 Å². The van der Waals surface area contributed by atoms with Gasteiger partial charge in [0, 0.05) is 5.69 Å². The lowest BCUT2D eigenvalue weighted by molar-refractivity contribution is 0.0988. The van der Waals surface area contributed by atoms with E-state index in [1.807, 2.05) is 62.4 Å². The number of nitrogens with one attached hydrogen (secondary N) is 1. The molecule has 0 saturated carbocycles. The fourth-order valence-corrected chi connectivity index (χ4v) is 2.37. The molecule has 3 aromatic rings. The van der Waals surface area contributed by atoms with Crippen LogP contribution in [0, 0.1) is 13.8 Å². The van der Waals surface area contributed by atoms with Crippen LogP contribution in [0.1, 0.15) is 33.3 Å². The summed E-state index contributed by atoms with van der Waals surface area (Å²) in [7, 11) is 0. The second-order valence-electron chi connectivity index (χ2n) is 5.38. The third-order valence-corrected chi connectivity index (χ3v) is 3.58. The summed E-state index contributed by atoms with van der Waals surface area (Å²) in [5.74, 6) is -0.00403. The molecule has 0 bridgehead atoms. The van der Waals surface area contributed by atoms with Gasteiger partial charge in [0.25, 0.3) is 0 Å². The number of para-hydroxylation sites is 1. The van der Waals surface area contributed by atoms with Crippen molar-refractivity contribution in [3.63, 3.8) is 0 Å². The highest BCUT2D eigenvalue weighted by Gasteiger charge is 2.16. The van der Waals surface area contributed by atoms with E-state index in [2.05, 4.69) is 15.5 Å². The molecule has 5 heteroatoms. The molecule has 1 N–H and O–H groups in total. The van der Waals surface area contributed by atoms with E-state index in [-0.39, 0.29) is 5.89 Å². The first-order chi connectivity index (χ1) is 11.1. The fourth-order valence-electron chi connectivity index (χ4n) is 2.37. The lowest BCUT2D eigenvalue weighted by atomic mass is 10.1. The van der Waals surface area contributed by atoms with Crippen LogP contribution in [-0.2, 0) is 6.42 Å². The molecule has 0 aliphatic heterocycles. The Morgan fingerprint density at radius 1 is 1.00 bits per heavy atom. The predicted octanol–water partition coefficient (Wildman–Crippen LogP) is 3.53. The lowest BCUT2D eigenvalue weighted by Gasteiger charge is -2.09. The molecule has 3 rings (SSSR count). The van der Waals surface area contributed by atoms with Crippen LogP contribution in [0.5, 0.6) is 0 Å². The number of amides is 1. The van der Waals surface area contributed by atoms with E-state index in [9.17, 15) is 4.79 Å². The molecule has 1 heterocycles. The smallest absolute Gasteiger partial charge is 0.313 e. The SMILES string of the molecule is Cc1cccc(C)c1NC(=O)c1nnc(Cc2ccccc2)o1. The van der Waals surface area contributed by atoms with Crippen molar-refractivity contribution in [2.75, 3.05) is 5.32 Å². The molecule has 0 radical (unpaired) electrons. The maximum absolute atomic E-state index is 12.3. The molecular weight excluding hydrogens is 290 g/mol. The van der Waals surface area contributed by atoms with Gasteiger partial charge in [0.15, 0.2) is 0 Å². The summed E-state index contributed by atoms with van der Waals surface area (Å²) >= 11 is 0. The van der Waals surface area contributed by atoms with Crippen LogP contribution in [0.2, 0.25) is 0 Å². The van der Waals surface area contributed by atoms with Crippen LogP contribution in [0.15, 0.2) is 52.9 Å². The number of rotatable bonds is 4. The molecule has 0 unspecified atom stereocenters. The van der Waals surface area contributed by atoms with Crippen LogP contribution in [0.25, 0.3) is 0 Å². The fraction of sp³-hybridized carbons (Fsp3) is 0.167. The molecule has 1 aromatic heterocycles.